The van der Waals surface area contributed by atoms with Crippen molar-refractivity contribution in [2.75, 3.05) is 6.54 Å². The van der Waals surface area contributed by atoms with E-state index < -0.39 is 0 Å². The van der Waals surface area contributed by atoms with Gasteiger partial charge in [-0.1, -0.05) is 42.4 Å². The minimum absolute atomic E-state index is 0.0432. The first kappa shape index (κ1) is 13.9. The molecule has 2 aromatic rings. The summed E-state index contributed by atoms with van der Waals surface area (Å²) >= 11 is 0. The second-order valence-corrected chi connectivity index (χ2v) is 5.49. The van der Waals surface area contributed by atoms with Gasteiger partial charge < -0.3 is 9.42 Å². The molecule has 1 saturated heterocycles. The third-order valence-electron chi connectivity index (χ3n) is 4.20. The molecule has 1 aromatic heterocycles. The highest BCUT2D eigenvalue weighted by Crippen LogP contribution is 2.27. The van der Waals surface area contributed by atoms with Crippen LogP contribution in [0.15, 0.2) is 41.1 Å². The van der Waals surface area contributed by atoms with Crippen molar-refractivity contribution >= 4 is 5.91 Å². The van der Waals surface area contributed by atoms with E-state index in [1.165, 1.54) is 6.42 Å². The molecule has 0 radical (unpaired) electrons. The van der Waals surface area contributed by atoms with E-state index >= 15 is 0 Å². The molecule has 3 rings (SSSR count). The highest BCUT2D eigenvalue weighted by Gasteiger charge is 2.29. The molecule has 110 valence electrons. The Morgan fingerprint density at radius 3 is 2.90 bits per heavy atom. The Balaban J connectivity index is 1.90. The van der Waals surface area contributed by atoms with Crippen molar-refractivity contribution in [1.29, 1.82) is 0 Å². The van der Waals surface area contributed by atoms with Crippen LogP contribution in [0.4, 0.5) is 0 Å². The molecule has 0 N–H and O–H groups in total. The van der Waals surface area contributed by atoms with Crippen LogP contribution in [0.5, 0.6) is 0 Å². The van der Waals surface area contributed by atoms with Crippen LogP contribution in [0.3, 0.4) is 0 Å². The summed E-state index contributed by atoms with van der Waals surface area (Å²) in [5.74, 6) is 0.614. The van der Waals surface area contributed by atoms with Crippen molar-refractivity contribution in [3.63, 3.8) is 0 Å². The normalized spacial score (nSPS) is 18.7. The fourth-order valence-corrected chi connectivity index (χ4v) is 3.04. The molecule has 1 aliphatic rings. The maximum atomic E-state index is 12.9. The van der Waals surface area contributed by atoms with Crippen LogP contribution >= 0.6 is 0 Å². The number of nitrogens with zero attached hydrogens (tertiary/aromatic N) is 2. The molecule has 1 atom stereocenters. The topological polar surface area (TPSA) is 46.3 Å². The second-order valence-electron chi connectivity index (χ2n) is 5.49. The van der Waals surface area contributed by atoms with Gasteiger partial charge >= 0.3 is 0 Å². The number of amides is 1. The lowest BCUT2D eigenvalue weighted by Gasteiger charge is -2.35. The molecule has 21 heavy (non-hydrogen) atoms. The quantitative estimate of drug-likeness (QED) is 0.862. The largest absolute Gasteiger partial charge is 0.355 e. The van der Waals surface area contributed by atoms with Crippen molar-refractivity contribution < 1.29 is 9.32 Å². The van der Waals surface area contributed by atoms with E-state index in [9.17, 15) is 4.79 Å². The SMILES string of the molecule is CCC1CCCCN1C(=O)c1cnoc1-c1ccccc1. The molecule has 1 unspecified atom stereocenters. The summed E-state index contributed by atoms with van der Waals surface area (Å²) in [6.07, 6.45) is 5.92. The Bertz CT molecular complexity index is 606. The molecule has 1 amide bonds. The van der Waals surface area contributed by atoms with Crippen molar-refractivity contribution in [3.05, 3.63) is 42.1 Å². The van der Waals surface area contributed by atoms with Gasteiger partial charge in [0.1, 0.15) is 5.56 Å². The zero-order valence-corrected chi connectivity index (χ0v) is 12.3. The Kier molecular flexibility index (Phi) is 4.04. The lowest BCUT2D eigenvalue weighted by molar-refractivity contribution is 0.0608. The van der Waals surface area contributed by atoms with Crippen molar-refractivity contribution in [2.45, 2.75) is 38.6 Å². The summed E-state index contributed by atoms with van der Waals surface area (Å²) in [5, 5.41) is 3.84. The number of likely N-dealkylation sites (tertiary alicyclic amines) is 1. The monoisotopic (exact) mass is 284 g/mol. The molecule has 4 heteroatoms. The standard InChI is InChI=1S/C17H20N2O2/c1-2-14-10-6-7-11-19(14)17(20)15-12-18-21-16(15)13-8-4-3-5-9-13/h3-5,8-9,12,14H,2,6-7,10-11H2,1H3. The van der Waals surface area contributed by atoms with Crippen molar-refractivity contribution in [1.82, 2.24) is 10.1 Å². The van der Waals surface area contributed by atoms with Gasteiger partial charge in [-0.25, -0.2) is 0 Å². The van der Waals surface area contributed by atoms with Crippen LogP contribution in [0, 0.1) is 0 Å². The molecule has 1 aromatic carbocycles. The van der Waals surface area contributed by atoms with E-state index in [4.69, 9.17) is 4.52 Å². The van der Waals surface area contributed by atoms with Gasteiger partial charge in [-0.2, -0.15) is 0 Å². The smallest absolute Gasteiger partial charge is 0.259 e. The predicted molar refractivity (Wildman–Crippen MR) is 80.9 cm³/mol. The fourth-order valence-electron chi connectivity index (χ4n) is 3.04. The number of piperidine rings is 1. The third kappa shape index (κ3) is 2.71. The van der Waals surface area contributed by atoms with E-state index in [0.29, 0.717) is 17.4 Å². The van der Waals surface area contributed by atoms with Crippen LogP contribution in [0.2, 0.25) is 0 Å². The van der Waals surface area contributed by atoms with Gasteiger partial charge in [0.15, 0.2) is 5.76 Å². The average Bonchev–Trinajstić information content (AvgIpc) is 3.04. The fraction of sp³-hybridized carbons (Fsp3) is 0.412. The molecule has 4 nitrogen and oxygen atoms in total. The highest BCUT2D eigenvalue weighted by atomic mass is 16.5. The van der Waals surface area contributed by atoms with Crippen LogP contribution in [0.1, 0.15) is 43.0 Å². The van der Waals surface area contributed by atoms with Crippen molar-refractivity contribution in [3.8, 4) is 11.3 Å². The van der Waals surface area contributed by atoms with Gasteiger partial charge in [-0.15, -0.1) is 0 Å². The van der Waals surface area contributed by atoms with Gasteiger partial charge in [-0.3, -0.25) is 4.79 Å². The molecule has 0 spiro atoms. The minimum atomic E-state index is 0.0432. The first-order valence-electron chi connectivity index (χ1n) is 7.62. The van der Waals surface area contributed by atoms with E-state index in [1.54, 1.807) is 6.20 Å². The average molecular weight is 284 g/mol. The summed E-state index contributed by atoms with van der Waals surface area (Å²) in [6.45, 7) is 2.97. The van der Waals surface area contributed by atoms with Gasteiger partial charge in [-0.05, 0) is 25.7 Å². The van der Waals surface area contributed by atoms with Gasteiger partial charge in [0.2, 0.25) is 0 Å². The first-order chi connectivity index (χ1) is 10.3. The number of hydrogen-bond acceptors (Lipinski definition) is 3. The van der Waals surface area contributed by atoms with Gasteiger partial charge in [0.25, 0.3) is 5.91 Å². The van der Waals surface area contributed by atoms with E-state index in [-0.39, 0.29) is 5.91 Å². The first-order valence-corrected chi connectivity index (χ1v) is 7.62. The second kappa shape index (κ2) is 6.12. The summed E-state index contributed by atoms with van der Waals surface area (Å²) < 4.78 is 5.33. The molecule has 1 aliphatic heterocycles. The molecular weight excluding hydrogens is 264 g/mol. The summed E-state index contributed by atoms with van der Waals surface area (Å²) in [4.78, 5) is 14.8. The van der Waals surface area contributed by atoms with Crippen LogP contribution in [0.25, 0.3) is 11.3 Å². The summed E-state index contributed by atoms with van der Waals surface area (Å²) in [7, 11) is 0. The number of rotatable bonds is 3. The van der Waals surface area contributed by atoms with E-state index in [1.807, 2.05) is 35.2 Å². The zero-order chi connectivity index (χ0) is 14.7. The number of aromatic nitrogens is 1. The Labute approximate surface area is 124 Å². The molecule has 0 aliphatic carbocycles. The lowest BCUT2D eigenvalue weighted by atomic mass is 9.98. The maximum absolute atomic E-state index is 12.9. The highest BCUT2D eigenvalue weighted by molar-refractivity contribution is 5.99. The van der Waals surface area contributed by atoms with E-state index in [2.05, 4.69) is 12.1 Å². The molecule has 1 fully saturated rings. The van der Waals surface area contributed by atoms with E-state index in [0.717, 1.165) is 31.4 Å². The van der Waals surface area contributed by atoms with Crippen LogP contribution in [-0.4, -0.2) is 28.6 Å². The molecule has 2 heterocycles. The Morgan fingerprint density at radius 2 is 2.14 bits per heavy atom. The summed E-state index contributed by atoms with van der Waals surface area (Å²) in [6, 6.07) is 10.0. The minimum Gasteiger partial charge on any atom is -0.355 e. The number of carbonyl (C=O) groups excluding carboxylic acids is 1. The van der Waals surface area contributed by atoms with Crippen LogP contribution < -0.4 is 0 Å². The lowest BCUT2D eigenvalue weighted by Crippen LogP contribution is -2.43. The number of hydrogen-bond donors (Lipinski definition) is 0. The molecular formula is C17H20N2O2. The number of benzene rings is 1. The molecule has 0 bridgehead atoms. The Morgan fingerprint density at radius 1 is 1.33 bits per heavy atom. The summed E-state index contributed by atoms with van der Waals surface area (Å²) in [5.41, 5.74) is 1.46. The van der Waals surface area contributed by atoms with Crippen molar-refractivity contribution in [2.24, 2.45) is 0 Å². The van der Waals surface area contributed by atoms with Gasteiger partial charge in [0, 0.05) is 18.2 Å². The third-order valence-corrected chi connectivity index (χ3v) is 4.20. The van der Waals surface area contributed by atoms with Gasteiger partial charge in [0.05, 0.1) is 6.20 Å². The zero-order valence-electron chi connectivity index (χ0n) is 12.3. The Hall–Kier alpha value is -2.10. The maximum Gasteiger partial charge on any atom is 0.259 e. The molecule has 0 saturated carbocycles. The number of carbonyl (C=O) groups is 1. The van der Waals surface area contributed by atoms with Crippen LogP contribution in [-0.2, 0) is 0 Å². The predicted octanol–water partition coefficient (Wildman–Crippen LogP) is 3.75.